The fraction of sp³-hybridized carbons (Fsp3) is 0.533. The first-order valence-corrected chi connectivity index (χ1v) is 7.69. The summed E-state index contributed by atoms with van der Waals surface area (Å²) < 4.78 is 5.82. The van der Waals surface area contributed by atoms with E-state index in [0.717, 1.165) is 16.7 Å². The van der Waals surface area contributed by atoms with Crippen molar-refractivity contribution in [2.24, 2.45) is 17.6 Å². The first-order chi connectivity index (χ1) is 9.49. The topological polar surface area (TPSA) is 64.3 Å². The molecule has 0 saturated heterocycles. The summed E-state index contributed by atoms with van der Waals surface area (Å²) in [7, 11) is 0. The third-order valence-electron chi connectivity index (χ3n) is 3.28. The Morgan fingerprint density at radius 1 is 1.45 bits per heavy atom. The molecule has 0 radical (unpaired) electrons. The zero-order valence-electron chi connectivity index (χ0n) is 12.3. The van der Waals surface area contributed by atoms with Gasteiger partial charge in [0.2, 0.25) is 0 Å². The lowest BCUT2D eigenvalue weighted by Crippen LogP contribution is -2.27. The van der Waals surface area contributed by atoms with Crippen LogP contribution in [0.2, 0.25) is 0 Å². The number of halogens is 1. The molecule has 1 aromatic carbocycles. The summed E-state index contributed by atoms with van der Waals surface area (Å²) in [6.07, 6.45) is 0. The molecule has 5 heteroatoms. The number of nitrogens with two attached hydrogens (primary N) is 1. The molecule has 4 nitrogen and oxygen atoms in total. The Morgan fingerprint density at radius 2 is 2.15 bits per heavy atom. The summed E-state index contributed by atoms with van der Waals surface area (Å²) in [6, 6.07) is 5.41. The molecule has 1 aromatic rings. The van der Waals surface area contributed by atoms with E-state index >= 15 is 0 Å². The summed E-state index contributed by atoms with van der Waals surface area (Å²) in [6.45, 7) is 7.97. The summed E-state index contributed by atoms with van der Waals surface area (Å²) >= 11 is 3.47. The number of rotatable bonds is 7. The Morgan fingerprint density at radius 3 is 2.65 bits per heavy atom. The smallest absolute Gasteiger partial charge is 0.338 e. The molecule has 0 bridgehead atoms. The summed E-state index contributed by atoms with van der Waals surface area (Å²) in [5, 5.41) is 3.36. The quantitative estimate of drug-likeness (QED) is 0.746. The van der Waals surface area contributed by atoms with Gasteiger partial charge in [0.15, 0.2) is 0 Å². The summed E-state index contributed by atoms with van der Waals surface area (Å²) in [5.41, 5.74) is 7.26. The van der Waals surface area contributed by atoms with E-state index in [1.807, 2.05) is 6.07 Å². The average Bonchev–Trinajstić information content (AvgIpc) is 2.40. The molecule has 0 aliphatic rings. The van der Waals surface area contributed by atoms with Gasteiger partial charge in [-0.3, -0.25) is 0 Å². The van der Waals surface area contributed by atoms with E-state index in [2.05, 4.69) is 35.1 Å². The molecular formula is C15H23BrN2O2. The first-order valence-electron chi connectivity index (χ1n) is 6.90. The van der Waals surface area contributed by atoms with Crippen LogP contribution in [0.5, 0.6) is 0 Å². The molecule has 0 aliphatic carbocycles. The van der Waals surface area contributed by atoms with Crippen molar-refractivity contribution in [3.05, 3.63) is 28.2 Å². The van der Waals surface area contributed by atoms with Crippen LogP contribution in [0.15, 0.2) is 22.7 Å². The fourth-order valence-electron chi connectivity index (χ4n) is 1.83. The minimum atomic E-state index is -0.304. The molecule has 0 aromatic heterocycles. The van der Waals surface area contributed by atoms with Gasteiger partial charge in [-0.05, 0) is 59.4 Å². The van der Waals surface area contributed by atoms with Crippen LogP contribution in [0.3, 0.4) is 0 Å². The monoisotopic (exact) mass is 342 g/mol. The number of anilines is 1. The second-order valence-electron chi connectivity index (χ2n) is 5.04. The number of ether oxygens (including phenoxy) is 1. The lowest BCUT2D eigenvalue weighted by atomic mass is 9.96. The van der Waals surface area contributed by atoms with E-state index in [9.17, 15) is 4.79 Å². The predicted octanol–water partition coefficient (Wildman–Crippen LogP) is 3.27. The molecule has 1 unspecified atom stereocenters. The van der Waals surface area contributed by atoms with Crippen LogP contribution in [0.4, 0.5) is 5.69 Å². The van der Waals surface area contributed by atoms with Gasteiger partial charge in [0.1, 0.15) is 0 Å². The molecule has 0 amide bonds. The highest BCUT2D eigenvalue weighted by atomic mass is 79.9. The summed E-state index contributed by atoms with van der Waals surface area (Å²) in [5.74, 6) is 0.651. The lowest BCUT2D eigenvalue weighted by molar-refractivity contribution is 0.0526. The number of hydrogen-bond acceptors (Lipinski definition) is 4. The number of carbonyl (C=O) groups is 1. The van der Waals surface area contributed by atoms with E-state index in [0.29, 0.717) is 30.6 Å². The van der Waals surface area contributed by atoms with Crippen molar-refractivity contribution >= 4 is 27.6 Å². The fourth-order valence-corrected chi connectivity index (χ4v) is 2.35. The highest BCUT2D eigenvalue weighted by molar-refractivity contribution is 9.10. The van der Waals surface area contributed by atoms with Gasteiger partial charge in [-0.2, -0.15) is 0 Å². The Balaban J connectivity index is 2.71. The summed E-state index contributed by atoms with van der Waals surface area (Å²) in [4.78, 5) is 11.6. The largest absolute Gasteiger partial charge is 0.462 e. The Kier molecular flexibility index (Phi) is 7.02. The molecule has 20 heavy (non-hydrogen) atoms. The molecule has 0 heterocycles. The van der Waals surface area contributed by atoms with Gasteiger partial charge in [0, 0.05) is 16.7 Å². The van der Waals surface area contributed by atoms with Crippen LogP contribution in [0, 0.1) is 11.8 Å². The second-order valence-corrected chi connectivity index (χ2v) is 5.89. The van der Waals surface area contributed by atoms with E-state index in [1.54, 1.807) is 19.1 Å². The van der Waals surface area contributed by atoms with Crippen LogP contribution in [0.25, 0.3) is 0 Å². The zero-order chi connectivity index (χ0) is 15.1. The minimum absolute atomic E-state index is 0.304. The van der Waals surface area contributed by atoms with E-state index in [1.165, 1.54) is 0 Å². The van der Waals surface area contributed by atoms with Crippen molar-refractivity contribution in [1.29, 1.82) is 0 Å². The molecule has 112 valence electrons. The van der Waals surface area contributed by atoms with E-state index in [4.69, 9.17) is 10.5 Å². The van der Waals surface area contributed by atoms with Crippen molar-refractivity contribution < 1.29 is 9.53 Å². The number of esters is 1. The van der Waals surface area contributed by atoms with Gasteiger partial charge in [0.05, 0.1) is 12.2 Å². The van der Waals surface area contributed by atoms with Crippen molar-refractivity contribution in [3.8, 4) is 0 Å². The maximum Gasteiger partial charge on any atom is 0.338 e. The van der Waals surface area contributed by atoms with Gasteiger partial charge < -0.3 is 15.8 Å². The van der Waals surface area contributed by atoms with Gasteiger partial charge in [-0.15, -0.1) is 0 Å². The van der Waals surface area contributed by atoms with Crippen LogP contribution < -0.4 is 11.1 Å². The van der Waals surface area contributed by atoms with Crippen molar-refractivity contribution in [3.63, 3.8) is 0 Å². The Labute approximate surface area is 129 Å². The average molecular weight is 343 g/mol. The maximum atomic E-state index is 11.6. The molecular weight excluding hydrogens is 320 g/mol. The third kappa shape index (κ3) is 4.80. The van der Waals surface area contributed by atoms with Gasteiger partial charge in [-0.1, -0.05) is 13.8 Å². The number of nitrogens with one attached hydrogen (secondary N) is 1. The van der Waals surface area contributed by atoms with Gasteiger partial charge >= 0.3 is 5.97 Å². The molecule has 0 fully saturated rings. The van der Waals surface area contributed by atoms with Gasteiger partial charge in [0.25, 0.3) is 0 Å². The van der Waals surface area contributed by atoms with Crippen molar-refractivity contribution in [2.75, 3.05) is 25.0 Å². The molecule has 0 saturated carbocycles. The Hall–Kier alpha value is -1.07. The maximum absolute atomic E-state index is 11.6. The Bertz CT molecular complexity index is 449. The molecule has 1 rings (SSSR count). The molecule has 0 spiro atoms. The molecule has 3 N–H and O–H groups in total. The van der Waals surface area contributed by atoms with Crippen LogP contribution in [-0.4, -0.2) is 25.7 Å². The highest BCUT2D eigenvalue weighted by Gasteiger charge is 2.13. The van der Waals surface area contributed by atoms with Gasteiger partial charge in [-0.25, -0.2) is 4.79 Å². The highest BCUT2D eigenvalue weighted by Crippen LogP contribution is 2.25. The SMILES string of the molecule is CCOC(=O)c1ccc(NCC(CN)C(C)C)c(Br)c1. The third-order valence-corrected chi connectivity index (χ3v) is 3.94. The molecule has 1 atom stereocenters. The minimum Gasteiger partial charge on any atom is -0.462 e. The zero-order valence-corrected chi connectivity index (χ0v) is 13.9. The van der Waals surface area contributed by atoms with Crippen molar-refractivity contribution in [2.45, 2.75) is 20.8 Å². The first kappa shape index (κ1) is 17.0. The molecule has 0 aliphatic heterocycles. The standard InChI is InChI=1S/C15H23BrN2O2/c1-4-20-15(19)11-5-6-14(13(16)7-11)18-9-12(8-17)10(2)3/h5-7,10,12,18H,4,8-9,17H2,1-3H3. The number of carbonyl (C=O) groups excluding carboxylic acids is 1. The predicted molar refractivity (Wildman–Crippen MR) is 86.0 cm³/mol. The van der Waals surface area contributed by atoms with Crippen LogP contribution >= 0.6 is 15.9 Å². The lowest BCUT2D eigenvalue weighted by Gasteiger charge is -2.20. The number of benzene rings is 1. The van der Waals surface area contributed by atoms with Crippen molar-refractivity contribution in [1.82, 2.24) is 0 Å². The van der Waals surface area contributed by atoms with Crippen LogP contribution in [-0.2, 0) is 4.74 Å². The normalized spacial score (nSPS) is 12.3. The number of hydrogen-bond donors (Lipinski definition) is 2. The second kappa shape index (κ2) is 8.27. The van der Waals surface area contributed by atoms with E-state index in [-0.39, 0.29) is 5.97 Å². The van der Waals surface area contributed by atoms with Crippen LogP contribution in [0.1, 0.15) is 31.1 Å². The van der Waals surface area contributed by atoms with E-state index < -0.39 is 0 Å².